The molecule has 0 atom stereocenters. The van der Waals surface area contributed by atoms with Crippen LogP contribution in [0.5, 0.6) is 0 Å². The van der Waals surface area contributed by atoms with Crippen LogP contribution < -0.4 is 11.3 Å². The summed E-state index contributed by atoms with van der Waals surface area (Å²) in [6.45, 7) is 6.25. The zero-order valence-corrected chi connectivity index (χ0v) is 11.7. The third-order valence-corrected chi connectivity index (χ3v) is 3.59. The Morgan fingerprint density at radius 2 is 2.05 bits per heavy atom. The van der Waals surface area contributed by atoms with E-state index >= 15 is 0 Å². The van der Waals surface area contributed by atoms with E-state index in [0.29, 0.717) is 13.1 Å². The molecule has 1 aliphatic heterocycles. The fourth-order valence-corrected chi connectivity index (χ4v) is 2.51. The van der Waals surface area contributed by atoms with Gasteiger partial charge in [0.25, 0.3) is 5.91 Å². The number of hydrazine groups is 1. The highest BCUT2D eigenvalue weighted by Gasteiger charge is 2.24. The third kappa shape index (κ3) is 3.08. The van der Waals surface area contributed by atoms with Crippen LogP contribution in [0, 0.1) is 5.82 Å². The van der Waals surface area contributed by atoms with Crippen LogP contribution in [0.1, 0.15) is 23.7 Å². The van der Waals surface area contributed by atoms with E-state index in [2.05, 4.69) is 17.2 Å². The maximum Gasteiger partial charge on any atom is 0.256 e. The Hall–Kier alpha value is -1.66. The molecule has 0 radical (unpaired) electrons. The molecule has 6 heteroatoms. The minimum atomic E-state index is -0.511. The number of piperazine rings is 1. The standard InChI is InChI=1S/C14H21FN4O/c1-2-6-18-7-9-19(10-8-18)14(20)11-4-3-5-12(15)13(11)17-16/h3-5,17H,2,6-10,16H2,1H3. The molecule has 0 bridgehead atoms. The summed E-state index contributed by atoms with van der Waals surface area (Å²) in [5.74, 6) is 4.63. The molecule has 0 aliphatic carbocycles. The molecular formula is C14H21FN4O. The zero-order chi connectivity index (χ0) is 14.5. The number of nitrogens with one attached hydrogen (secondary N) is 1. The van der Waals surface area contributed by atoms with Crippen LogP contribution in [-0.4, -0.2) is 48.4 Å². The monoisotopic (exact) mass is 280 g/mol. The van der Waals surface area contributed by atoms with Gasteiger partial charge in [-0.1, -0.05) is 13.0 Å². The van der Waals surface area contributed by atoms with Crippen molar-refractivity contribution in [2.75, 3.05) is 38.1 Å². The van der Waals surface area contributed by atoms with Crippen molar-refractivity contribution in [2.45, 2.75) is 13.3 Å². The van der Waals surface area contributed by atoms with Gasteiger partial charge in [-0.05, 0) is 25.1 Å². The molecule has 1 fully saturated rings. The first kappa shape index (κ1) is 14.7. The minimum absolute atomic E-state index is 0.0634. The van der Waals surface area contributed by atoms with E-state index in [-0.39, 0.29) is 17.2 Å². The van der Waals surface area contributed by atoms with Gasteiger partial charge in [-0.3, -0.25) is 15.5 Å². The Bertz CT molecular complexity index is 472. The number of hydrogen-bond donors (Lipinski definition) is 2. The van der Waals surface area contributed by atoms with E-state index in [9.17, 15) is 9.18 Å². The van der Waals surface area contributed by atoms with E-state index in [4.69, 9.17) is 5.84 Å². The van der Waals surface area contributed by atoms with E-state index < -0.39 is 5.82 Å². The Morgan fingerprint density at radius 3 is 2.65 bits per heavy atom. The summed E-state index contributed by atoms with van der Waals surface area (Å²) in [6.07, 6.45) is 1.11. The molecular weight excluding hydrogens is 259 g/mol. The largest absolute Gasteiger partial charge is 0.336 e. The summed E-state index contributed by atoms with van der Waals surface area (Å²) in [7, 11) is 0. The number of anilines is 1. The molecule has 2 rings (SSSR count). The Morgan fingerprint density at radius 1 is 1.35 bits per heavy atom. The number of para-hydroxylation sites is 1. The van der Waals surface area contributed by atoms with Gasteiger partial charge in [-0.2, -0.15) is 0 Å². The average molecular weight is 280 g/mol. The lowest BCUT2D eigenvalue weighted by atomic mass is 10.1. The SMILES string of the molecule is CCCN1CCN(C(=O)c2cccc(F)c2NN)CC1. The molecule has 0 spiro atoms. The molecule has 5 nitrogen and oxygen atoms in total. The molecule has 110 valence electrons. The molecule has 3 N–H and O–H groups in total. The Labute approximate surface area is 118 Å². The van der Waals surface area contributed by atoms with Crippen LogP contribution in [0.25, 0.3) is 0 Å². The van der Waals surface area contributed by atoms with Crippen molar-refractivity contribution < 1.29 is 9.18 Å². The molecule has 1 amide bonds. The summed E-state index contributed by atoms with van der Waals surface area (Å²) >= 11 is 0. The Kier molecular flexibility index (Phi) is 4.92. The molecule has 0 saturated carbocycles. The summed E-state index contributed by atoms with van der Waals surface area (Å²) in [5, 5.41) is 0. The van der Waals surface area contributed by atoms with E-state index in [0.717, 1.165) is 26.1 Å². The van der Waals surface area contributed by atoms with Gasteiger partial charge >= 0.3 is 0 Å². The van der Waals surface area contributed by atoms with Crippen molar-refractivity contribution in [3.8, 4) is 0 Å². The lowest BCUT2D eigenvalue weighted by Crippen LogP contribution is -2.48. The molecule has 0 aromatic heterocycles. The maximum atomic E-state index is 13.6. The number of rotatable bonds is 4. The van der Waals surface area contributed by atoms with Crippen molar-refractivity contribution in [2.24, 2.45) is 5.84 Å². The van der Waals surface area contributed by atoms with Crippen LogP contribution in [0.2, 0.25) is 0 Å². The average Bonchev–Trinajstić information content (AvgIpc) is 2.47. The maximum absolute atomic E-state index is 13.6. The van der Waals surface area contributed by atoms with Gasteiger partial charge in [0.2, 0.25) is 0 Å². The molecule has 1 aliphatic rings. The molecule has 20 heavy (non-hydrogen) atoms. The van der Waals surface area contributed by atoms with E-state index in [1.165, 1.54) is 12.1 Å². The second-order valence-electron chi connectivity index (χ2n) is 4.94. The van der Waals surface area contributed by atoms with Crippen LogP contribution in [0.3, 0.4) is 0 Å². The summed E-state index contributed by atoms with van der Waals surface area (Å²) < 4.78 is 13.6. The lowest BCUT2D eigenvalue weighted by Gasteiger charge is -2.34. The molecule has 1 heterocycles. The van der Waals surface area contributed by atoms with Gasteiger partial charge in [0.15, 0.2) is 0 Å². The number of nitrogens with two attached hydrogens (primary N) is 1. The highest BCUT2D eigenvalue weighted by Crippen LogP contribution is 2.21. The number of halogens is 1. The number of hydrogen-bond acceptors (Lipinski definition) is 4. The van der Waals surface area contributed by atoms with Crippen LogP contribution in [-0.2, 0) is 0 Å². The number of amides is 1. The number of carbonyl (C=O) groups excluding carboxylic acids is 1. The third-order valence-electron chi connectivity index (χ3n) is 3.59. The molecule has 1 aromatic rings. The molecule has 1 saturated heterocycles. The minimum Gasteiger partial charge on any atom is -0.336 e. The van der Waals surface area contributed by atoms with Gasteiger partial charge in [-0.25, -0.2) is 4.39 Å². The number of nitrogen functional groups attached to an aromatic ring is 1. The van der Waals surface area contributed by atoms with Crippen molar-refractivity contribution in [3.63, 3.8) is 0 Å². The van der Waals surface area contributed by atoms with Gasteiger partial charge in [0, 0.05) is 26.2 Å². The second-order valence-corrected chi connectivity index (χ2v) is 4.94. The normalized spacial score (nSPS) is 16.2. The van der Waals surface area contributed by atoms with Crippen LogP contribution in [0.4, 0.5) is 10.1 Å². The van der Waals surface area contributed by atoms with Crippen LogP contribution in [0.15, 0.2) is 18.2 Å². The molecule has 1 aromatic carbocycles. The predicted octanol–water partition coefficient (Wildman–Crippen LogP) is 1.28. The first-order valence-electron chi connectivity index (χ1n) is 6.94. The van der Waals surface area contributed by atoms with Crippen molar-refractivity contribution in [1.82, 2.24) is 9.80 Å². The highest BCUT2D eigenvalue weighted by atomic mass is 19.1. The fourth-order valence-electron chi connectivity index (χ4n) is 2.51. The fraction of sp³-hybridized carbons (Fsp3) is 0.500. The quantitative estimate of drug-likeness (QED) is 0.644. The van der Waals surface area contributed by atoms with Crippen molar-refractivity contribution in [3.05, 3.63) is 29.6 Å². The zero-order valence-electron chi connectivity index (χ0n) is 11.7. The summed E-state index contributed by atoms with van der Waals surface area (Å²) in [5.41, 5.74) is 2.63. The molecule has 0 unspecified atom stereocenters. The second kappa shape index (κ2) is 6.67. The lowest BCUT2D eigenvalue weighted by molar-refractivity contribution is 0.0638. The summed E-state index contributed by atoms with van der Waals surface area (Å²) in [4.78, 5) is 16.5. The van der Waals surface area contributed by atoms with Crippen molar-refractivity contribution >= 4 is 11.6 Å². The smallest absolute Gasteiger partial charge is 0.256 e. The van der Waals surface area contributed by atoms with E-state index in [1.807, 2.05) is 0 Å². The van der Waals surface area contributed by atoms with Gasteiger partial charge < -0.3 is 10.3 Å². The van der Waals surface area contributed by atoms with Crippen molar-refractivity contribution in [1.29, 1.82) is 0 Å². The number of carbonyl (C=O) groups is 1. The van der Waals surface area contributed by atoms with Gasteiger partial charge in [0.05, 0.1) is 11.3 Å². The Balaban J connectivity index is 2.08. The van der Waals surface area contributed by atoms with E-state index in [1.54, 1.807) is 11.0 Å². The number of nitrogens with zero attached hydrogens (tertiary/aromatic N) is 2. The predicted molar refractivity (Wildman–Crippen MR) is 76.8 cm³/mol. The summed E-state index contributed by atoms with van der Waals surface area (Å²) in [6, 6.07) is 4.40. The first-order valence-corrected chi connectivity index (χ1v) is 6.94. The number of benzene rings is 1. The van der Waals surface area contributed by atoms with Gasteiger partial charge in [0.1, 0.15) is 5.82 Å². The topological polar surface area (TPSA) is 61.6 Å². The van der Waals surface area contributed by atoms with Gasteiger partial charge in [-0.15, -0.1) is 0 Å². The highest BCUT2D eigenvalue weighted by molar-refractivity contribution is 5.99. The van der Waals surface area contributed by atoms with Crippen LogP contribution >= 0.6 is 0 Å². The first-order chi connectivity index (χ1) is 9.67.